The lowest BCUT2D eigenvalue weighted by Gasteiger charge is -2.33. The lowest BCUT2D eigenvalue weighted by molar-refractivity contribution is 0.568. The van der Waals surface area contributed by atoms with E-state index >= 15 is 0 Å². The van der Waals surface area contributed by atoms with Crippen LogP contribution in [0.15, 0.2) is 18.2 Å². The zero-order valence-electron chi connectivity index (χ0n) is 12.8. The highest BCUT2D eigenvalue weighted by molar-refractivity contribution is 6.31. The van der Waals surface area contributed by atoms with E-state index in [0.717, 1.165) is 24.7 Å². The number of anilines is 1. The topological polar surface area (TPSA) is 15.3 Å². The fraction of sp³-hybridized carbons (Fsp3) is 0.625. The summed E-state index contributed by atoms with van der Waals surface area (Å²) in [7, 11) is 0. The van der Waals surface area contributed by atoms with Crippen molar-refractivity contribution in [1.82, 2.24) is 5.32 Å². The van der Waals surface area contributed by atoms with Crippen LogP contribution in [0.25, 0.3) is 0 Å². The van der Waals surface area contributed by atoms with Crippen molar-refractivity contribution in [1.29, 1.82) is 0 Å². The first-order valence-electron chi connectivity index (χ1n) is 7.22. The molecule has 0 aliphatic carbocycles. The minimum absolute atomic E-state index is 0.473. The van der Waals surface area contributed by atoms with Crippen LogP contribution >= 0.6 is 11.6 Å². The molecule has 0 amide bonds. The van der Waals surface area contributed by atoms with Gasteiger partial charge in [-0.2, -0.15) is 0 Å². The summed E-state index contributed by atoms with van der Waals surface area (Å²) >= 11 is 6.38. The van der Waals surface area contributed by atoms with Gasteiger partial charge in [0, 0.05) is 35.4 Å². The van der Waals surface area contributed by atoms with Crippen molar-refractivity contribution in [2.45, 2.75) is 47.2 Å². The molecule has 0 aromatic heterocycles. The van der Waals surface area contributed by atoms with Crippen LogP contribution in [0.2, 0.25) is 5.02 Å². The maximum absolute atomic E-state index is 6.38. The van der Waals surface area contributed by atoms with Gasteiger partial charge >= 0.3 is 0 Å². The first-order valence-corrected chi connectivity index (χ1v) is 7.59. The van der Waals surface area contributed by atoms with Gasteiger partial charge in [-0.1, -0.05) is 38.4 Å². The summed E-state index contributed by atoms with van der Waals surface area (Å²) in [5.41, 5.74) is 2.47. The zero-order chi connectivity index (χ0) is 14.4. The Balaban J connectivity index is 3.10. The molecule has 0 aliphatic heterocycles. The first kappa shape index (κ1) is 16.3. The Morgan fingerprint density at radius 2 is 1.89 bits per heavy atom. The first-order chi connectivity index (χ1) is 8.97. The molecule has 1 aromatic rings. The monoisotopic (exact) mass is 282 g/mol. The molecular formula is C16H27ClN2. The van der Waals surface area contributed by atoms with Crippen molar-refractivity contribution in [2.24, 2.45) is 5.92 Å². The fourth-order valence-electron chi connectivity index (χ4n) is 2.22. The van der Waals surface area contributed by atoms with E-state index in [-0.39, 0.29) is 0 Å². The molecular weight excluding hydrogens is 256 g/mol. The van der Waals surface area contributed by atoms with Gasteiger partial charge in [-0.15, -0.1) is 0 Å². The van der Waals surface area contributed by atoms with Crippen LogP contribution in [0.3, 0.4) is 0 Å². The zero-order valence-corrected chi connectivity index (χ0v) is 13.6. The van der Waals surface area contributed by atoms with Gasteiger partial charge in [0.2, 0.25) is 0 Å². The minimum Gasteiger partial charge on any atom is -0.369 e. The van der Waals surface area contributed by atoms with Gasteiger partial charge in [-0.05, 0) is 38.4 Å². The predicted molar refractivity (Wildman–Crippen MR) is 86.2 cm³/mol. The third-order valence-electron chi connectivity index (χ3n) is 3.14. The molecule has 0 saturated carbocycles. The third-order valence-corrected chi connectivity index (χ3v) is 3.49. The number of rotatable bonds is 7. The van der Waals surface area contributed by atoms with Gasteiger partial charge in [0.15, 0.2) is 0 Å². The Morgan fingerprint density at radius 1 is 1.21 bits per heavy atom. The van der Waals surface area contributed by atoms with Crippen molar-refractivity contribution in [3.05, 3.63) is 28.8 Å². The molecule has 2 nitrogen and oxygen atoms in total. The van der Waals surface area contributed by atoms with E-state index in [1.807, 2.05) is 12.1 Å². The average Bonchev–Trinajstić information content (AvgIpc) is 2.34. The summed E-state index contributed by atoms with van der Waals surface area (Å²) in [6, 6.07) is 6.68. The summed E-state index contributed by atoms with van der Waals surface area (Å²) in [6.45, 7) is 13.9. The van der Waals surface area contributed by atoms with E-state index in [1.54, 1.807) is 0 Å². The maximum Gasteiger partial charge on any atom is 0.0471 e. The number of halogens is 1. The van der Waals surface area contributed by atoms with Crippen molar-refractivity contribution in [3.8, 4) is 0 Å². The van der Waals surface area contributed by atoms with Crippen LogP contribution in [0, 0.1) is 5.92 Å². The van der Waals surface area contributed by atoms with Crippen LogP contribution in [0.5, 0.6) is 0 Å². The van der Waals surface area contributed by atoms with E-state index in [9.17, 15) is 0 Å². The van der Waals surface area contributed by atoms with Gasteiger partial charge in [-0.3, -0.25) is 0 Å². The Bertz CT molecular complexity index is 388. The Morgan fingerprint density at radius 3 is 2.42 bits per heavy atom. The van der Waals surface area contributed by atoms with Crippen LogP contribution in [0.4, 0.5) is 5.69 Å². The molecule has 0 fully saturated rings. The van der Waals surface area contributed by atoms with Gasteiger partial charge in [0.05, 0.1) is 0 Å². The van der Waals surface area contributed by atoms with Gasteiger partial charge in [0.25, 0.3) is 0 Å². The summed E-state index contributed by atoms with van der Waals surface area (Å²) in [4.78, 5) is 2.45. The van der Waals surface area contributed by atoms with Crippen molar-refractivity contribution < 1.29 is 0 Å². The largest absolute Gasteiger partial charge is 0.369 e. The molecule has 0 radical (unpaired) electrons. The molecule has 1 rings (SSSR count). The Labute approximate surface area is 123 Å². The van der Waals surface area contributed by atoms with Crippen molar-refractivity contribution >= 4 is 17.3 Å². The van der Waals surface area contributed by atoms with Gasteiger partial charge in [-0.25, -0.2) is 0 Å². The number of hydrogen-bond acceptors (Lipinski definition) is 2. The summed E-state index contributed by atoms with van der Waals surface area (Å²) in [6.07, 6.45) is 0. The number of hydrogen-bond donors (Lipinski definition) is 1. The molecule has 108 valence electrons. The molecule has 19 heavy (non-hydrogen) atoms. The molecule has 1 N–H and O–H groups in total. The summed E-state index contributed by atoms with van der Waals surface area (Å²) < 4.78 is 0. The predicted octanol–water partition coefficient (Wildman–Crippen LogP) is 4.32. The lowest BCUT2D eigenvalue weighted by Crippen LogP contribution is -2.35. The molecule has 0 heterocycles. The standard InChI is InChI=1S/C16H27ClN2/c1-6-18-10-14-15(17)8-7-9-16(14)19(13(4)5)11-12(2)3/h7-9,12-13,18H,6,10-11H2,1-5H3. The second kappa shape index (κ2) is 7.76. The Hall–Kier alpha value is -0.730. The SMILES string of the molecule is CCNCc1c(Cl)cccc1N(CC(C)C)C(C)C. The summed E-state index contributed by atoms with van der Waals surface area (Å²) in [5.74, 6) is 0.633. The molecule has 0 bridgehead atoms. The number of nitrogens with one attached hydrogen (secondary N) is 1. The maximum atomic E-state index is 6.38. The quantitative estimate of drug-likeness (QED) is 0.801. The molecule has 0 saturated heterocycles. The van der Waals surface area contributed by atoms with E-state index in [1.165, 1.54) is 11.3 Å². The van der Waals surface area contributed by atoms with Crippen LogP contribution in [0.1, 0.15) is 40.2 Å². The van der Waals surface area contributed by atoms with E-state index in [4.69, 9.17) is 11.6 Å². The van der Waals surface area contributed by atoms with Crippen LogP contribution in [-0.4, -0.2) is 19.1 Å². The van der Waals surface area contributed by atoms with Crippen molar-refractivity contribution in [2.75, 3.05) is 18.0 Å². The van der Waals surface area contributed by atoms with Gasteiger partial charge < -0.3 is 10.2 Å². The second-order valence-corrected chi connectivity index (χ2v) is 6.07. The second-order valence-electron chi connectivity index (χ2n) is 5.66. The Kier molecular flexibility index (Phi) is 6.67. The van der Waals surface area contributed by atoms with Crippen molar-refractivity contribution in [3.63, 3.8) is 0 Å². The highest BCUT2D eigenvalue weighted by atomic mass is 35.5. The van der Waals surface area contributed by atoms with E-state index in [2.05, 4.69) is 50.9 Å². The summed E-state index contributed by atoms with van der Waals surface area (Å²) in [5, 5.41) is 4.24. The fourth-order valence-corrected chi connectivity index (χ4v) is 2.46. The minimum atomic E-state index is 0.473. The third kappa shape index (κ3) is 4.70. The van der Waals surface area contributed by atoms with E-state index < -0.39 is 0 Å². The molecule has 0 unspecified atom stereocenters. The lowest BCUT2D eigenvalue weighted by atomic mass is 10.1. The highest BCUT2D eigenvalue weighted by Gasteiger charge is 2.17. The van der Waals surface area contributed by atoms with Crippen LogP contribution < -0.4 is 10.2 Å². The smallest absolute Gasteiger partial charge is 0.0471 e. The van der Waals surface area contributed by atoms with Gasteiger partial charge in [0.1, 0.15) is 0 Å². The average molecular weight is 283 g/mol. The van der Waals surface area contributed by atoms with E-state index in [0.29, 0.717) is 12.0 Å². The normalized spacial score (nSPS) is 11.4. The number of benzene rings is 1. The number of nitrogens with zero attached hydrogens (tertiary/aromatic N) is 1. The molecule has 3 heteroatoms. The van der Waals surface area contributed by atoms with Crippen LogP contribution in [-0.2, 0) is 6.54 Å². The molecule has 0 atom stereocenters. The molecule has 0 spiro atoms. The molecule has 1 aromatic carbocycles. The highest BCUT2D eigenvalue weighted by Crippen LogP contribution is 2.29. The molecule has 0 aliphatic rings.